The molecular formula is C17H29NO. The summed E-state index contributed by atoms with van der Waals surface area (Å²) >= 11 is 0. The van der Waals surface area contributed by atoms with Gasteiger partial charge in [0.2, 0.25) is 0 Å². The summed E-state index contributed by atoms with van der Waals surface area (Å²) in [4.78, 5) is 0. The summed E-state index contributed by atoms with van der Waals surface area (Å²) in [5.41, 5.74) is 2.77. The van der Waals surface area contributed by atoms with Crippen LogP contribution in [0.4, 0.5) is 0 Å². The van der Waals surface area contributed by atoms with Crippen LogP contribution in [0.25, 0.3) is 0 Å². The monoisotopic (exact) mass is 263 g/mol. The summed E-state index contributed by atoms with van der Waals surface area (Å²) in [6, 6.07) is 9.79. The molecule has 1 aromatic carbocycles. The van der Waals surface area contributed by atoms with Crippen LogP contribution in [0.1, 0.15) is 51.3 Å². The van der Waals surface area contributed by atoms with E-state index in [1.54, 1.807) is 7.11 Å². The molecule has 0 aliphatic heterocycles. The Labute approximate surface area is 118 Å². The van der Waals surface area contributed by atoms with Gasteiger partial charge in [-0.2, -0.15) is 0 Å². The Bertz CT molecular complexity index is 345. The van der Waals surface area contributed by atoms with Gasteiger partial charge in [0.25, 0.3) is 0 Å². The zero-order chi connectivity index (χ0) is 14.3. The van der Waals surface area contributed by atoms with E-state index in [4.69, 9.17) is 4.74 Å². The van der Waals surface area contributed by atoms with Gasteiger partial charge in [-0.3, -0.25) is 0 Å². The summed E-state index contributed by atoms with van der Waals surface area (Å²) in [6.07, 6.45) is 2.24. The van der Waals surface area contributed by atoms with Crippen LogP contribution in [0.5, 0.6) is 0 Å². The molecule has 0 radical (unpaired) electrons. The molecule has 1 aromatic rings. The van der Waals surface area contributed by atoms with E-state index in [2.05, 4.69) is 57.3 Å². The highest BCUT2D eigenvalue weighted by atomic mass is 16.5. The molecule has 0 aliphatic rings. The second-order valence-corrected chi connectivity index (χ2v) is 5.79. The highest BCUT2D eigenvalue weighted by molar-refractivity contribution is 5.25. The number of rotatable bonds is 8. The first-order valence-electron chi connectivity index (χ1n) is 7.40. The highest BCUT2D eigenvalue weighted by Crippen LogP contribution is 2.16. The van der Waals surface area contributed by atoms with Gasteiger partial charge in [-0.1, -0.05) is 45.0 Å². The Morgan fingerprint density at radius 1 is 1.11 bits per heavy atom. The minimum Gasteiger partial charge on any atom is -0.383 e. The van der Waals surface area contributed by atoms with Crippen LogP contribution in [0.2, 0.25) is 0 Å². The van der Waals surface area contributed by atoms with Crippen molar-refractivity contribution in [3.05, 3.63) is 35.4 Å². The molecule has 0 spiro atoms. The van der Waals surface area contributed by atoms with Crippen molar-refractivity contribution in [1.82, 2.24) is 5.32 Å². The number of benzene rings is 1. The molecule has 0 amide bonds. The molecule has 0 aliphatic carbocycles. The summed E-state index contributed by atoms with van der Waals surface area (Å²) in [7, 11) is 1.76. The molecule has 0 bridgehead atoms. The zero-order valence-electron chi connectivity index (χ0n) is 13.1. The Hall–Kier alpha value is -0.860. The predicted molar refractivity (Wildman–Crippen MR) is 82.5 cm³/mol. The molecule has 2 unspecified atom stereocenters. The largest absolute Gasteiger partial charge is 0.383 e. The van der Waals surface area contributed by atoms with Gasteiger partial charge in [0, 0.05) is 19.2 Å². The minimum atomic E-state index is 0.369. The third kappa shape index (κ3) is 5.75. The van der Waals surface area contributed by atoms with Crippen LogP contribution in [0.15, 0.2) is 24.3 Å². The number of hydrogen-bond donors (Lipinski definition) is 1. The van der Waals surface area contributed by atoms with Gasteiger partial charge in [-0.05, 0) is 36.8 Å². The standard InChI is InChI=1S/C17H29NO/c1-6-17(12-19-5)18-14(4)16-9-7-15(8-10-16)11-13(2)3/h7-10,13-14,17-18H,6,11-12H2,1-5H3. The van der Waals surface area contributed by atoms with Crippen LogP contribution < -0.4 is 5.32 Å². The van der Waals surface area contributed by atoms with Crippen molar-refractivity contribution in [2.75, 3.05) is 13.7 Å². The maximum absolute atomic E-state index is 5.23. The van der Waals surface area contributed by atoms with Crippen LogP contribution >= 0.6 is 0 Å². The summed E-state index contributed by atoms with van der Waals surface area (Å²) in [6.45, 7) is 9.69. The van der Waals surface area contributed by atoms with E-state index in [0.29, 0.717) is 18.0 Å². The van der Waals surface area contributed by atoms with E-state index in [1.165, 1.54) is 11.1 Å². The maximum atomic E-state index is 5.23. The molecule has 108 valence electrons. The van der Waals surface area contributed by atoms with Gasteiger partial charge in [0.05, 0.1) is 6.61 Å². The minimum absolute atomic E-state index is 0.369. The summed E-state index contributed by atoms with van der Waals surface area (Å²) in [5.74, 6) is 0.715. The van der Waals surface area contributed by atoms with E-state index in [0.717, 1.165) is 19.4 Å². The quantitative estimate of drug-likeness (QED) is 0.766. The lowest BCUT2D eigenvalue weighted by Crippen LogP contribution is -2.34. The number of nitrogens with one attached hydrogen (secondary N) is 1. The first-order valence-corrected chi connectivity index (χ1v) is 7.40. The first kappa shape index (κ1) is 16.2. The van der Waals surface area contributed by atoms with Crippen LogP contribution in [0.3, 0.4) is 0 Å². The first-order chi connectivity index (χ1) is 9.06. The Morgan fingerprint density at radius 3 is 2.21 bits per heavy atom. The lowest BCUT2D eigenvalue weighted by atomic mass is 9.99. The molecule has 0 aromatic heterocycles. The molecule has 0 heterocycles. The Balaban J connectivity index is 2.59. The van der Waals surface area contributed by atoms with E-state index >= 15 is 0 Å². The molecule has 2 atom stereocenters. The van der Waals surface area contributed by atoms with Crippen molar-refractivity contribution in [2.45, 2.75) is 52.6 Å². The fourth-order valence-corrected chi connectivity index (χ4v) is 2.35. The number of ether oxygens (including phenoxy) is 1. The van der Waals surface area contributed by atoms with Gasteiger partial charge < -0.3 is 10.1 Å². The molecular weight excluding hydrogens is 234 g/mol. The average Bonchev–Trinajstić information content (AvgIpc) is 2.38. The van der Waals surface area contributed by atoms with Crippen molar-refractivity contribution in [3.63, 3.8) is 0 Å². The van der Waals surface area contributed by atoms with E-state index in [-0.39, 0.29) is 0 Å². The maximum Gasteiger partial charge on any atom is 0.0615 e. The zero-order valence-corrected chi connectivity index (χ0v) is 13.1. The SMILES string of the molecule is CCC(COC)NC(C)c1ccc(CC(C)C)cc1. The van der Waals surface area contributed by atoms with E-state index < -0.39 is 0 Å². The molecule has 0 saturated heterocycles. The average molecular weight is 263 g/mol. The van der Waals surface area contributed by atoms with Gasteiger partial charge in [0.15, 0.2) is 0 Å². The van der Waals surface area contributed by atoms with Crippen molar-refractivity contribution >= 4 is 0 Å². The summed E-state index contributed by atoms with van der Waals surface area (Å²) in [5, 5.41) is 3.62. The van der Waals surface area contributed by atoms with Gasteiger partial charge in [0.1, 0.15) is 0 Å². The molecule has 1 rings (SSSR count). The molecule has 0 fully saturated rings. The van der Waals surface area contributed by atoms with Crippen molar-refractivity contribution in [1.29, 1.82) is 0 Å². The Morgan fingerprint density at radius 2 is 1.74 bits per heavy atom. The lowest BCUT2D eigenvalue weighted by Gasteiger charge is -2.22. The molecule has 2 nitrogen and oxygen atoms in total. The summed E-state index contributed by atoms with van der Waals surface area (Å²) < 4.78 is 5.23. The van der Waals surface area contributed by atoms with Crippen molar-refractivity contribution in [3.8, 4) is 0 Å². The fourth-order valence-electron chi connectivity index (χ4n) is 2.35. The van der Waals surface area contributed by atoms with Gasteiger partial charge >= 0.3 is 0 Å². The molecule has 0 saturated carbocycles. The van der Waals surface area contributed by atoms with Crippen molar-refractivity contribution < 1.29 is 4.74 Å². The second kappa shape index (κ2) is 8.34. The Kier molecular flexibility index (Phi) is 7.11. The molecule has 19 heavy (non-hydrogen) atoms. The van der Waals surface area contributed by atoms with Gasteiger partial charge in [-0.25, -0.2) is 0 Å². The predicted octanol–water partition coefficient (Wildman–Crippen LogP) is 3.96. The van der Waals surface area contributed by atoms with Crippen LogP contribution in [-0.4, -0.2) is 19.8 Å². The smallest absolute Gasteiger partial charge is 0.0615 e. The lowest BCUT2D eigenvalue weighted by molar-refractivity contribution is 0.159. The number of methoxy groups -OCH3 is 1. The van der Waals surface area contributed by atoms with E-state index in [1.807, 2.05) is 0 Å². The van der Waals surface area contributed by atoms with Crippen LogP contribution in [0, 0.1) is 5.92 Å². The highest BCUT2D eigenvalue weighted by Gasteiger charge is 2.11. The number of hydrogen-bond acceptors (Lipinski definition) is 2. The third-order valence-electron chi connectivity index (χ3n) is 3.47. The molecule has 2 heteroatoms. The van der Waals surface area contributed by atoms with E-state index in [9.17, 15) is 0 Å². The molecule has 1 N–H and O–H groups in total. The topological polar surface area (TPSA) is 21.3 Å². The normalized spacial score (nSPS) is 14.6. The third-order valence-corrected chi connectivity index (χ3v) is 3.47. The second-order valence-electron chi connectivity index (χ2n) is 5.79. The van der Waals surface area contributed by atoms with Crippen LogP contribution in [-0.2, 0) is 11.2 Å². The fraction of sp³-hybridized carbons (Fsp3) is 0.647. The van der Waals surface area contributed by atoms with Gasteiger partial charge in [-0.15, -0.1) is 0 Å². The van der Waals surface area contributed by atoms with Crippen molar-refractivity contribution in [2.24, 2.45) is 5.92 Å².